The van der Waals surface area contributed by atoms with Gasteiger partial charge in [0.25, 0.3) is 5.91 Å². The smallest absolute Gasteiger partial charge is 0.255 e. The van der Waals surface area contributed by atoms with Gasteiger partial charge in [-0.05, 0) is 37.3 Å². The van der Waals surface area contributed by atoms with Gasteiger partial charge in [0, 0.05) is 83.0 Å². The van der Waals surface area contributed by atoms with Crippen LogP contribution in [0.3, 0.4) is 0 Å². The van der Waals surface area contributed by atoms with E-state index < -0.39 is 11.9 Å². The molecule has 0 aromatic heterocycles. The number of piperidine rings is 1. The molecule has 5 heterocycles. The third-order valence-electron chi connectivity index (χ3n) is 8.99. The molecule has 212 valence electrons. The molecule has 1 aromatic carbocycles. The predicted molar refractivity (Wildman–Crippen MR) is 143 cm³/mol. The van der Waals surface area contributed by atoms with Crippen LogP contribution < -0.4 is 15.5 Å². The molecule has 0 aliphatic carbocycles. The number of carbonyl (C=O) groups is 3. The minimum atomic E-state index is -0.742. The number of benzene rings is 1. The number of carbonyl (C=O) groups excluding carboxylic acids is 3. The lowest BCUT2D eigenvalue weighted by molar-refractivity contribution is -0.136. The van der Waals surface area contributed by atoms with Gasteiger partial charge in [0.2, 0.25) is 11.8 Å². The molecule has 10 nitrogen and oxygen atoms in total. The van der Waals surface area contributed by atoms with Crippen molar-refractivity contribution in [2.75, 3.05) is 77.0 Å². The van der Waals surface area contributed by atoms with E-state index >= 15 is 4.39 Å². The van der Waals surface area contributed by atoms with Crippen LogP contribution in [-0.4, -0.2) is 117 Å². The van der Waals surface area contributed by atoms with E-state index in [-0.39, 0.29) is 43.1 Å². The Morgan fingerprint density at radius 1 is 0.923 bits per heavy atom. The van der Waals surface area contributed by atoms with Gasteiger partial charge < -0.3 is 24.8 Å². The molecule has 1 aromatic rings. The topological polar surface area (TPSA) is 97.5 Å². The first kappa shape index (κ1) is 26.6. The molecule has 3 atom stereocenters. The van der Waals surface area contributed by atoms with Gasteiger partial charge in [-0.3, -0.25) is 24.6 Å². The highest BCUT2D eigenvalue weighted by molar-refractivity contribution is 6.05. The molecular formula is C28H39FN6O4. The van der Waals surface area contributed by atoms with E-state index in [9.17, 15) is 14.4 Å². The van der Waals surface area contributed by atoms with E-state index in [1.54, 1.807) is 12.1 Å². The molecule has 0 bridgehead atoms. The maximum absolute atomic E-state index is 15.7. The number of amides is 3. The summed E-state index contributed by atoms with van der Waals surface area (Å²) < 4.78 is 21.9. The standard InChI is InChI=1S/C28H39FN6O4/c29-26-22-17-35(24-5-6-25(36)31-27(24)37)28(38)21(22)3-4-23(26)34-13-11-33(12-14-34)16-20-2-1-19(18-39-20)15-32-9-7-30-8-10-32/h3-4,19-20,24,30H,1-2,5-18H2,(H,31,36,37)/t19-,20-,24?/m0/s1. The molecule has 0 spiro atoms. The highest BCUT2D eigenvalue weighted by Crippen LogP contribution is 2.34. The number of nitrogens with zero attached hydrogens (tertiary/aromatic N) is 4. The van der Waals surface area contributed by atoms with Crippen molar-refractivity contribution in [3.05, 3.63) is 29.1 Å². The molecule has 0 saturated carbocycles. The summed E-state index contributed by atoms with van der Waals surface area (Å²) in [5, 5.41) is 5.70. The van der Waals surface area contributed by atoms with Gasteiger partial charge in [-0.1, -0.05) is 0 Å². The molecule has 2 N–H and O–H groups in total. The molecule has 11 heteroatoms. The molecule has 4 saturated heterocycles. The largest absolute Gasteiger partial charge is 0.377 e. The summed E-state index contributed by atoms with van der Waals surface area (Å²) >= 11 is 0. The number of hydrogen-bond acceptors (Lipinski definition) is 8. The van der Waals surface area contributed by atoms with E-state index in [2.05, 4.69) is 25.3 Å². The number of hydrogen-bond donors (Lipinski definition) is 2. The second-order valence-electron chi connectivity index (χ2n) is 11.6. The zero-order valence-electron chi connectivity index (χ0n) is 22.5. The molecule has 39 heavy (non-hydrogen) atoms. The van der Waals surface area contributed by atoms with E-state index in [4.69, 9.17) is 4.74 Å². The number of halogens is 1. The lowest BCUT2D eigenvalue weighted by Crippen LogP contribution is -2.52. The number of piperazine rings is 2. The quantitative estimate of drug-likeness (QED) is 0.499. The van der Waals surface area contributed by atoms with E-state index in [0.29, 0.717) is 35.8 Å². The average molecular weight is 543 g/mol. The Morgan fingerprint density at radius 2 is 1.69 bits per heavy atom. The zero-order valence-corrected chi connectivity index (χ0v) is 22.5. The van der Waals surface area contributed by atoms with Crippen LogP contribution in [0, 0.1) is 11.7 Å². The average Bonchev–Trinajstić information content (AvgIpc) is 3.28. The Bertz CT molecular complexity index is 1100. The van der Waals surface area contributed by atoms with Gasteiger partial charge in [0.1, 0.15) is 6.04 Å². The number of imide groups is 1. The van der Waals surface area contributed by atoms with Crippen molar-refractivity contribution >= 4 is 23.4 Å². The minimum Gasteiger partial charge on any atom is -0.377 e. The highest BCUT2D eigenvalue weighted by atomic mass is 19.1. The molecular weight excluding hydrogens is 503 g/mol. The highest BCUT2D eigenvalue weighted by Gasteiger charge is 2.41. The summed E-state index contributed by atoms with van der Waals surface area (Å²) in [7, 11) is 0. The third kappa shape index (κ3) is 5.68. The van der Waals surface area contributed by atoms with Gasteiger partial charge in [-0.2, -0.15) is 0 Å². The number of rotatable bonds is 6. The molecule has 4 fully saturated rings. The molecule has 5 aliphatic heterocycles. The number of fused-ring (bicyclic) bond motifs is 1. The summed E-state index contributed by atoms with van der Waals surface area (Å²) in [5.41, 5.74) is 1.16. The Labute approximate surface area is 228 Å². The Kier molecular flexibility index (Phi) is 7.84. The lowest BCUT2D eigenvalue weighted by atomic mass is 9.97. The Morgan fingerprint density at radius 3 is 2.41 bits per heavy atom. The van der Waals surface area contributed by atoms with Crippen molar-refractivity contribution in [1.82, 2.24) is 25.3 Å². The summed E-state index contributed by atoms with van der Waals surface area (Å²) in [5.74, 6) is -0.927. The number of anilines is 1. The van der Waals surface area contributed by atoms with Crippen LogP contribution in [0.1, 0.15) is 41.6 Å². The summed E-state index contributed by atoms with van der Waals surface area (Å²) in [6, 6.07) is 2.63. The molecule has 3 amide bonds. The fraction of sp³-hybridized carbons (Fsp3) is 0.679. The molecule has 0 radical (unpaired) electrons. The second kappa shape index (κ2) is 11.5. The fourth-order valence-electron chi connectivity index (χ4n) is 6.70. The van der Waals surface area contributed by atoms with E-state index in [1.165, 1.54) is 11.3 Å². The first-order chi connectivity index (χ1) is 19.0. The fourth-order valence-corrected chi connectivity index (χ4v) is 6.70. The number of nitrogens with one attached hydrogen (secondary N) is 2. The van der Waals surface area contributed by atoms with Gasteiger partial charge in [-0.15, -0.1) is 0 Å². The van der Waals surface area contributed by atoms with Crippen molar-refractivity contribution in [3.8, 4) is 0 Å². The monoisotopic (exact) mass is 542 g/mol. The maximum Gasteiger partial charge on any atom is 0.255 e. The van der Waals surface area contributed by atoms with Crippen LogP contribution in [0.4, 0.5) is 10.1 Å². The second-order valence-corrected chi connectivity index (χ2v) is 11.6. The summed E-state index contributed by atoms with van der Waals surface area (Å²) in [4.78, 5) is 45.2. The van der Waals surface area contributed by atoms with Gasteiger partial charge in [-0.25, -0.2) is 4.39 Å². The summed E-state index contributed by atoms with van der Waals surface area (Å²) in [6.45, 7) is 10.4. The van der Waals surface area contributed by atoms with Crippen molar-refractivity contribution in [2.24, 2.45) is 5.92 Å². The van der Waals surface area contributed by atoms with Crippen LogP contribution in [0.25, 0.3) is 0 Å². The first-order valence-electron chi connectivity index (χ1n) is 14.4. The van der Waals surface area contributed by atoms with Crippen LogP contribution in [0.5, 0.6) is 0 Å². The Balaban J connectivity index is 0.997. The van der Waals surface area contributed by atoms with Crippen LogP contribution in [0.2, 0.25) is 0 Å². The SMILES string of the molecule is O=C1CCC(N2Cc3c(ccc(N4CCN(C[C@@H]5CC[C@@H](CN6CCNCC6)CO5)CC4)c3F)C2=O)C(=O)N1. The van der Waals surface area contributed by atoms with Crippen molar-refractivity contribution in [1.29, 1.82) is 0 Å². The van der Waals surface area contributed by atoms with Crippen molar-refractivity contribution in [2.45, 2.75) is 44.4 Å². The predicted octanol–water partition coefficient (Wildman–Crippen LogP) is 0.409. The Hall–Kier alpha value is -2.60. The van der Waals surface area contributed by atoms with Crippen LogP contribution >= 0.6 is 0 Å². The molecule has 5 aliphatic rings. The zero-order chi connectivity index (χ0) is 26.9. The van der Waals surface area contributed by atoms with Gasteiger partial charge in [0.05, 0.1) is 24.9 Å². The lowest BCUT2D eigenvalue weighted by Gasteiger charge is -2.39. The first-order valence-corrected chi connectivity index (χ1v) is 14.4. The number of ether oxygens (including phenoxy) is 1. The van der Waals surface area contributed by atoms with Crippen LogP contribution in [-0.2, 0) is 20.9 Å². The van der Waals surface area contributed by atoms with Gasteiger partial charge in [0.15, 0.2) is 5.82 Å². The minimum absolute atomic E-state index is 0.0503. The maximum atomic E-state index is 15.7. The summed E-state index contributed by atoms with van der Waals surface area (Å²) in [6.07, 6.45) is 3.01. The van der Waals surface area contributed by atoms with E-state index in [0.717, 1.165) is 65.4 Å². The van der Waals surface area contributed by atoms with Gasteiger partial charge >= 0.3 is 0 Å². The molecule has 6 rings (SSSR count). The van der Waals surface area contributed by atoms with Crippen molar-refractivity contribution in [3.63, 3.8) is 0 Å². The van der Waals surface area contributed by atoms with Crippen LogP contribution in [0.15, 0.2) is 12.1 Å². The van der Waals surface area contributed by atoms with E-state index in [1.807, 2.05) is 0 Å². The third-order valence-corrected chi connectivity index (χ3v) is 8.99. The van der Waals surface area contributed by atoms with Crippen molar-refractivity contribution < 1.29 is 23.5 Å². The normalized spacial score (nSPS) is 29.1. The molecule has 1 unspecified atom stereocenters.